The van der Waals surface area contributed by atoms with Crippen molar-refractivity contribution in [1.82, 2.24) is 9.55 Å². The van der Waals surface area contributed by atoms with Crippen LogP contribution in [0.2, 0.25) is 0 Å². The number of benzene rings is 2. The van der Waals surface area contributed by atoms with E-state index in [1.807, 2.05) is 52.8 Å². The zero-order chi connectivity index (χ0) is 20.3. The van der Waals surface area contributed by atoms with Gasteiger partial charge in [0.1, 0.15) is 17.7 Å². The second-order valence-corrected chi connectivity index (χ2v) is 8.14. The van der Waals surface area contributed by atoms with E-state index in [0.29, 0.717) is 5.69 Å². The first-order valence-corrected chi connectivity index (χ1v) is 9.24. The Morgan fingerprint density at radius 1 is 1.04 bits per heavy atom. The fourth-order valence-corrected chi connectivity index (χ4v) is 3.42. The topological polar surface area (TPSA) is 53.4 Å². The van der Waals surface area contributed by atoms with Gasteiger partial charge in [-0.25, -0.2) is 9.37 Å². The predicted octanol–water partition coefficient (Wildman–Crippen LogP) is 3.13. The molecule has 1 aliphatic rings. The van der Waals surface area contributed by atoms with Gasteiger partial charge in [-0.2, -0.15) is 0 Å². The standard InChI is InChI=1S/C21H22BFN2O3/c1-13-15(22-27-20(2,3)21(4,5)28-22)9-7-11-17(13)25-12-24-18-14(19(25)26)8-6-10-16(18)23/h6-12H,1-5H3. The first-order valence-electron chi connectivity index (χ1n) is 9.24. The highest BCUT2D eigenvalue weighted by molar-refractivity contribution is 6.62. The number of hydrogen-bond acceptors (Lipinski definition) is 4. The van der Waals surface area contributed by atoms with Gasteiger partial charge in [0.25, 0.3) is 5.56 Å². The van der Waals surface area contributed by atoms with E-state index in [0.717, 1.165) is 11.0 Å². The van der Waals surface area contributed by atoms with Crippen molar-refractivity contribution in [3.63, 3.8) is 0 Å². The Balaban J connectivity index is 1.84. The van der Waals surface area contributed by atoms with E-state index in [1.165, 1.54) is 23.0 Å². The molecule has 0 bridgehead atoms. The van der Waals surface area contributed by atoms with Gasteiger partial charge in [0, 0.05) is 0 Å². The van der Waals surface area contributed by atoms with Crippen molar-refractivity contribution in [2.45, 2.75) is 45.8 Å². The third-order valence-corrected chi connectivity index (χ3v) is 5.85. The highest BCUT2D eigenvalue weighted by Gasteiger charge is 2.52. The van der Waals surface area contributed by atoms with Crippen molar-refractivity contribution in [2.24, 2.45) is 0 Å². The first-order chi connectivity index (χ1) is 13.1. The molecule has 0 aliphatic carbocycles. The molecule has 2 aromatic carbocycles. The van der Waals surface area contributed by atoms with E-state index in [2.05, 4.69) is 4.98 Å². The van der Waals surface area contributed by atoms with Crippen LogP contribution in [0.3, 0.4) is 0 Å². The normalized spacial score (nSPS) is 18.0. The maximum Gasteiger partial charge on any atom is 0.495 e. The molecule has 5 nitrogen and oxygen atoms in total. The van der Waals surface area contributed by atoms with Gasteiger partial charge < -0.3 is 9.31 Å². The van der Waals surface area contributed by atoms with Gasteiger partial charge in [-0.3, -0.25) is 9.36 Å². The summed E-state index contributed by atoms with van der Waals surface area (Å²) in [7, 11) is -0.536. The average molecular weight is 380 g/mol. The minimum atomic E-state index is -0.536. The van der Waals surface area contributed by atoms with Crippen molar-refractivity contribution in [1.29, 1.82) is 0 Å². The van der Waals surface area contributed by atoms with E-state index in [4.69, 9.17) is 9.31 Å². The fourth-order valence-electron chi connectivity index (χ4n) is 3.42. The molecular weight excluding hydrogens is 358 g/mol. The number of hydrogen-bond donors (Lipinski definition) is 0. The van der Waals surface area contributed by atoms with E-state index >= 15 is 0 Å². The molecule has 0 N–H and O–H groups in total. The number of nitrogens with zero attached hydrogens (tertiary/aromatic N) is 2. The Morgan fingerprint density at radius 3 is 2.36 bits per heavy atom. The van der Waals surface area contributed by atoms with Crippen LogP contribution in [0.15, 0.2) is 47.5 Å². The summed E-state index contributed by atoms with van der Waals surface area (Å²) < 4.78 is 27.7. The smallest absolute Gasteiger partial charge is 0.399 e. The zero-order valence-corrected chi connectivity index (χ0v) is 16.6. The number of rotatable bonds is 2. The monoisotopic (exact) mass is 380 g/mol. The highest BCUT2D eigenvalue weighted by Crippen LogP contribution is 2.36. The number of para-hydroxylation sites is 1. The summed E-state index contributed by atoms with van der Waals surface area (Å²) in [4.78, 5) is 17.1. The van der Waals surface area contributed by atoms with Gasteiger partial charge in [0.2, 0.25) is 0 Å². The molecule has 7 heteroatoms. The van der Waals surface area contributed by atoms with E-state index < -0.39 is 24.1 Å². The van der Waals surface area contributed by atoms with Gasteiger partial charge in [-0.1, -0.05) is 18.2 Å². The van der Waals surface area contributed by atoms with Crippen LogP contribution in [0.1, 0.15) is 33.3 Å². The Bertz CT molecular complexity index is 1120. The second-order valence-electron chi connectivity index (χ2n) is 8.14. The lowest BCUT2D eigenvalue weighted by molar-refractivity contribution is 0.00578. The molecular formula is C21H22BFN2O3. The molecule has 1 fully saturated rings. The Hall–Kier alpha value is -2.51. The minimum Gasteiger partial charge on any atom is -0.399 e. The van der Waals surface area contributed by atoms with Crippen molar-refractivity contribution < 1.29 is 13.7 Å². The minimum absolute atomic E-state index is 0.0727. The Labute approximate surface area is 163 Å². The van der Waals surface area contributed by atoms with Crippen LogP contribution in [0.5, 0.6) is 0 Å². The summed E-state index contributed by atoms with van der Waals surface area (Å²) in [5.41, 5.74) is 1.19. The number of fused-ring (bicyclic) bond motifs is 1. The summed E-state index contributed by atoms with van der Waals surface area (Å²) >= 11 is 0. The maximum atomic E-state index is 13.9. The summed E-state index contributed by atoms with van der Waals surface area (Å²) in [5, 5.41) is 0.239. The maximum absolute atomic E-state index is 13.9. The Morgan fingerprint density at radius 2 is 1.68 bits per heavy atom. The van der Waals surface area contributed by atoms with Gasteiger partial charge in [0.15, 0.2) is 0 Å². The lowest BCUT2D eigenvalue weighted by Gasteiger charge is -2.32. The quantitative estimate of drug-likeness (QED) is 0.641. The van der Waals surface area contributed by atoms with Gasteiger partial charge in [-0.05, 0) is 63.8 Å². The van der Waals surface area contributed by atoms with Crippen molar-refractivity contribution in [3.8, 4) is 5.69 Å². The molecule has 4 rings (SSSR count). The van der Waals surface area contributed by atoms with Gasteiger partial charge in [0.05, 0.1) is 22.3 Å². The summed E-state index contributed by atoms with van der Waals surface area (Å²) in [6.07, 6.45) is 1.37. The fraction of sp³-hybridized carbons (Fsp3) is 0.333. The molecule has 1 saturated heterocycles. The SMILES string of the molecule is Cc1c(B2OC(C)(C)C(C)(C)O2)cccc1-n1cnc2c(F)cccc2c1=O. The van der Waals surface area contributed by atoms with Crippen molar-refractivity contribution in [2.75, 3.05) is 0 Å². The van der Waals surface area contributed by atoms with Crippen LogP contribution < -0.4 is 11.0 Å². The zero-order valence-electron chi connectivity index (χ0n) is 16.6. The van der Waals surface area contributed by atoms with Crippen LogP contribution in [0, 0.1) is 12.7 Å². The van der Waals surface area contributed by atoms with Crippen molar-refractivity contribution >= 4 is 23.5 Å². The summed E-state index contributed by atoms with van der Waals surface area (Å²) in [6.45, 7) is 9.91. The third kappa shape index (κ3) is 2.77. The van der Waals surface area contributed by atoms with Crippen LogP contribution in [0.25, 0.3) is 16.6 Å². The summed E-state index contributed by atoms with van der Waals surface area (Å²) in [6, 6.07) is 10.0. The molecule has 1 aromatic heterocycles. The Kier molecular flexibility index (Phi) is 4.21. The molecule has 0 radical (unpaired) electrons. The molecule has 1 aliphatic heterocycles. The lowest BCUT2D eigenvalue weighted by atomic mass is 9.76. The summed E-state index contributed by atoms with van der Waals surface area (Å²) in [5.74, 6) is -0.510. The molecule has 0 unspecified atom stereocenters. The van der Waals surface area contributed by atoms with Crippen LogP contribution in [-0.2, 0) is 9.31 Å². The molecule has 0 atom stereocenters. The van der Waals surface area contributed by atoms with Crippen LogP contribution >= 0.6 is 0 Å². The second kappa shape index (κ2) is 6.25. The predicted molar refractivity (Wildman–Crippen MR) is 108 cm³/mol. The largest absolute Gasteiger partial charge is 0.495 e. The van der Waals surface area contributed by atoms with Gasteiger partial charge in [-0.15, -0.1) is 0 Å². The van der Waals surface area contributed by atoms with Crippen LogP contribution in [0.4, 0.5) is 4.39 Å². The molecule has 28 heavy (non-hydrogen) atoms. The number of halogens is 1. The average Bonchev–Trinajstić information content (AvgIpc) is 2.84. The third-order valence-electron chi connectivity index (χ3n) is 5.85. The molecule has 2 heterocycles. The lowest BCUT2D eigenvalue weighted by Crippen LogP contribution is -2.41. The van der Waals surface area contributed by atoms with E-state index in [-0.39, 0.29) is 16.5 Å². The molecule has 3 aromatic rings. The first kappa shape index (κ1) is 18.8. The van der Waals surface area contributed by atoms with E-state index in [9.17, 15) is 9.18 Å². The van der Waals surface area contributed by atoms with Crippen LogP contribution in [-0.4, -0.2) is 27.9 Å². The molecule has 0 spiro atoms. The molecule has 0 saturated carbocycles. The van der Waals surface area contributed by atoms with E-state index in [1.54, 1.807) is 6.07 Å². The number of aromatic nitrogens is 2. The molecule has 0 amide bonds. The van der Waals surface area contributed by atoms with Gasteiger partial charge >= 0.3 is 7.12 Å². The molecule has 144 valence electrons. The highest BCUT2D eigenvalue weighted by atomic mass is 19.1. The van der Waals surface area contributed by atoms with Crippen molar-refractivity contribution in [3.05, 3.63) is 64.5 Å².